The minimum atomic E-state index is -1.18. The van der Waals surface area contributed by atoms with E-state index in [0.29, 0.717) is 55.9 Å². The van der Waals surface area contributed by atoms with Crippen molar-refractivity contribution in [2.75, 3.05) is 31.1 Å². The van der Waals surface area contributed by atoms with Crippen molar-refractivity contribution in [1.29, 1.82) is 0 Å². The lowest BCUT2D eigenvalue weighted by atomic mass is 9.64. The first-order chi connectivity index (χ1) is 21.7. The molecule has 3 aliphatic heterocycles. The molecule has 45 heavy (non-hydrogen) atoms. The number of unbranched alkanes of at least 4 members (excludes halogenated alkanes) is 1. The number of likely N-dealkylation sites (tertiary alicyclic amines) is 1. The molecule has 9 heteroatoms. The van der Waals surface area contributed by atoms with E-state index >= 15 is 0 Å². The molecule has 3 aliphatic rings. The first kappa shape index (κ1) is 32.9. The third-order valence-corrected chi connectivity index (χ3v) is 10.2. The highest BCUT2D eigenvalue weighted by Gasteiger charge is 2.79. The average Bonchev–Trinajstić information content (AvgIpc) is 3.64. The number of carbonyl (C=O) groups is 3. The summed E-state index contributed by atoms with van der Waals surface area (Å²) >= 11 is 6.68. The van der Waals surface area contributed by atoms with Gasteiger partial charge in [0.15, 0.2) is 0 Å². The van der Waals surface area contributed by atoms with E-state index in [4.69, 9.17) is 16.3 Å². The number of aryl methyl sites for hydroxylation is 1. The number of halogens is 1. The van der Waals surface area contributed by atoms with Gasteiger partial charge in [0.1, 0.15) is 11.6 Å². The first-order valence-electron chi connectivity index (χ1n) is 15.9. The molecular weight excluding hydrogens is 590 g/mol. The summed E-state index contributed by atoms with van der Waals surface area (Å²) in [5.41, 5.74) is 0.317. The lowest BCUT2D eigenvalue weighted by molar-refractivity contribution is -0.151. The molecule has 0 saturated carbocycles. The maximum Gasteiger partial charge on any atom is 0.253 e. The van der Waals surface area contributed by atoms with Crippen LogP contribution in [0.2, 0.25) is 5.02 Å². The minimum Gasteiger partial charge on any atom is -0.396 e. The molecule has 3 saturated heterocycles. The second kappa shape index (κ2) is 13.5. The number of carbonyl (C=O) groups excluding carboxylic acids is 3. The highest BCUT2D eigenvalue weighted by atomic mass is 35.5. The van der Waals surface area contributed by atoms with Crippen LogP contribution in [0.3, 0.4) is 0 Å². The molecule has 2 aromatic carbocycles. The Hall–Kier alpha value is -3.46. The number of nitrogens with zero attached hydrogens (tertiary/aromatic N) is 3. The summed E-state index contributed by atoms with van der Waals surface area (Å²) in [5.74, 6) is -2.28. The molecule has 0 aromatic heterocycles. The molecule has 3 fully saturated rings. The Labute approximate surface area is 271 Å². The highest BCUT2D eigenvalue weighted by molar-refractivity contribution is 6.34. The average molecular weight is 634 g/mol. The van der Waals surface area contributed by atoms with Crippen LogP contribution in [-0.2, 0) is 25.7 Å². The highest BCUT2D eigenvalue weighted by Crippen LogP contribution is 2.64. The number of rotatable bonds is 14. The maximum absolute atomic E-state index is 14.9. The van der Waals surface area contributed by atoms with E-state index in [0.717, 1.165) is 11.1 Å². The Morgan fingerprint density at radius 3 is 2.44 bits per heavy atom. The molecule has 3 amide bonds. The van der Waals surface area contributed by atoms with E-state index in [1.807, 2.05) is 56.3 Å². The van der Waals surface area contributed by atoms with Crippen molar-refractivity contribution < 1.29 is 24.2 Å². The number of anilines is 1. The topological polar surface area (TPSA) is 90.4 Å². The van der Waals surface area contributed by atoms with Gasteiger partial charge in [0.2, 0.25) is 11.8 Å². The fraction of sp³-hybridized carbons (Fsp3) is 0.472. The van der Waals surface area contributed by atoms with Gasteiger partial charge in [-0.2, -0.15) is 0 Å². The number of ether oxygens (including phenoxy) is 1. The quantitative estimate of drug-likeness (QED) is 0.225. The zero-order valence-electron chi connectivity index (χ0n) is 26.3. The van der Waals surface area contributed by atoms with Crippen molar-refractivity contribution >= 4 is 35.0 Å². The van der Waals surface area contributed by atoms with E-state index < -0.39 is 29.1 Å². The number of hydrogen-bond acceptors (Lipinski definition) is 5. The number of amides is 3. The number of aliphatic hydroxyl groups excluding tert-OH is 1. The predicted octanol–water partition coefficient (Wildman–Crippen LogP) is 5.31. The predicted molar refractivity (Wildman–Crippen MR) is 176 cm³/mol. The third-order valence-electron chi connectivity index (χ3n) is 9.90. The fourth-order valence-electron chi connectivity index (χ4n) is 7.93. The monoisotopic (exact) mass is 633 g/mol. The molecule has 0 radical (unpaired) electrons. The largest absolute Gasteiger partial charge is 0.396 e. The van der Waals surface area contributed by atoms with Gasteiger partial charge in [0.25, 0.3) is 5.91 Å². The van der Waals surface area contributed by atoms with E-state index in [2.05, 4.69) is 13.2 Å². The van der Waals surface area contributed by atoms with Gasteiger partial charge in [-0.15, -0.1) is 13.2 Å². The molecule has 2 unspecified atom stereocenters. The molecule has 240 valence electrons. The van der Waals surface area contributed by atoms with E-state index in [-0.39, 0.29) is 37.4 Å². The third kappa shape index (κ3) is 5.62. The van der Waals surface area contributed by atoms with Crippen molar-refractivity contribution in [2.45, 2.75) is 69.7 Å². The van der Waals surface area contributed by atoms with Crippen LogP contribution in [0, 0.1) is 18.8 Å². The lowest BCUT2D eigenvalue weighted by Crippen LogP contribution is -2.56. The van der Waals surface area contributed by atoms with Gasteiger partial charge in [-0.3, -0.25) is 14.4 Å². The number of fused-ring (bicyclic) bond motifs is 1. The van der Waals surface area contributed by atoms with Crippen LogP contribution in [-0.4, -0.2) is 76.1 Å². The molecule has 1 spiro atoms. The van der Waals surface area contributed by atoms with Gasteiger partial charge in [0, 0.05) is 32.8 Å². The van der Waals surface area contributed by atoms with Gasteiger partial charge in [-0.1, -0.05) is 73.1 Å². The van der Waals surface area contributed by atoms with E-state index in [9.17, 15) is 19.5 Å². The van der Waals surface area contributed by atoms with Crippen molar-refractivity contribution in [1.82, 2.24) is 9.80 Å². The fourth-order valence-corrected chi connectivity index (χ4v) is 8.25. The summed E-state index contributed by atoms with van der Waals surface area (Å²) in [4.78, 5) is 49.1. The van der Waals surface area contributed by atoms with E-state index in [1.54, 1.807) is 32.9 Å². The van der Waals surface area contributed by atoms with Gasteiger partial charge in [-0.05, 0) is 56.2 Å². The maximum atomic E-state index is 14.9. The zero-order valence-corrected chi connectivity index (χ0v) is 27.0. The second-order valence-electron chi connectivity index (χ2n) is 12.4. The molecule has 5 atom stereocenters. The van der Waals surface area contributed by atoms with Crippen molar-refractivity contribution in [2.24, 2.45) is 11.8 Å². The van der Waals surface area contributed by atoms with Gasteiger partial charge in [-0.25, -0.2) is 0 Å². The van der Waals surface area contributed by atoms with Crippen LogP contribution in [0.1, 0.15) is 50.2 Å². The Kier molecular flexibility index (Phi) is 9.87. The Balaban J connectivity index is 1.59. The summed E-state index contributed by atoms with van der Waals surface area (Å²) in [6.45, 7) is 12.8. The van der Waals surface area contributed by atoms with Crippen molar-refractivity contribution in [3.8, 4) is 0 Å². The number of aliphatic hydroxyl groups is 1. The Morgan fingerprint density at radius 1 is 1.07 bits per heavy atom. The van der Waals surface area contributed by atoms with Crippen LogP contribution in [0.15, 0.2) is 73.8 Å². The van der Waals surface area contributed by atoms with Gasteiger partial charge in [0.05, 0.1) is 28.1 Å². The van der Waals surface area contributed by atoms with Crippen LogP contribution in [0.5, 0.6) is 0 Å². The minimum absolute atomic E-state index is 0.0246. The number of hydrogen-bond donors (Lipinski definition) is 1. The van der Waals surface area contributed by atoms with Crippen molar-refractivity contribution in [3.63, 3.8) is 0 Å². The summed E-state index contributed by atoms with van der Waals surface area (Å²) in [7, 11) is 0. The Bertz CT molecular complexity index is 1430. The number of para-hydroxylation sites is 1. The lowest BCUT2D eigenvalue weighted by Gasteiger charge is -2.37. The van der Waals surface area contributed by atoms with Crippen molar-refractivity contribution in [3.05, 3.63) is 90.0 Å². The molecular formula is C36H44ClN3O5. The number of benzene rings is 2. The summed E-state index contributed by atoms with van der Waals surface area (Å²) in [5, 5.41) is 9.96. The smallest absolute Gasteiger partial charge is 0.253 e. The molecule has 8 nitrogen and oxygen atoms in total. The first-order valence-corrected chi connectivity index (χ1v) is 16.3. The van der Waals surface area contributed by atoms with Crippen LogP contribution >= 0.6 is 11.6 Å². The van der Waals surface area contributed by atoms with E-state index in [1.165, 1.54) is 0 Å². The normalized spacial score (nSPS) is 26.5. The van der Waals surface area contributed by atoms with Gasteiger partial charge >= 0.3 is 0 Å². The summed E-state index contributed by atoms with van der Waals surface area (Å²) < 4.78 is 7.01. The second-order valence-corrected chi connectivity index (χ2v) is 12.8. The standard InChI is InChI=1S/C36H44ClN3O5/c1-5-20-38(24-26-15-9-8-10-16-26)32(42)28-29-33(43)40(22-11-12-23-41)31(36(29)19-18-35(28,7-3)45-36)34(44)39(21-6-2)30-25(4)14-13-17-27(30)37/h5-6,8-10,13-17,28-29,31,41H,1-2,7,11-12,18-24H2,3-4H3/t28-,29-,31?,35+,36?/m0/s1. The molecule has 1 N–H and O–H groups in total. The molecule has 5 rings (SSSR count). The molecule has 2 bridgehead atoms. The van der Waals surface area contributed by atoms with Gasteiger partial charge < -0.3 is 24.5 Å². The van der Waals surface area contributed by atoms with Crippen LogP contribution in [0.4, 0.5) is 5.69 Å². The summed E-state index contributed by atoms with van der Waals surface area (Å²) in [6, 6.07) is 14.3. The molecule has 2 aromatic rings. The summed E-state index contributed by atoms with van der Waals surface area (Å²) in [6.07, 6.45) is 5.92. The Morgan fingerprint density at radius 2 is 1.80 bits per heavy atom. The van der Waals surface area contributed by atoms with Crippen LogP contribution in [0.25, 0.3) is 0 Å². The van der Waals surface area contributed by atoms with Crippen LogP contribution < -0.4 is 4.90 Å². The molecule has 3 heterocycles. The molecule has 0 aliphatic carbocycles. The SMILES string of the molecule is C=CCN(Cc1ccccc1)C(=O)[C@@H]1[C@H]2C(=O)N(CCCCO)C(C(=O)N(CC=C)c3c(C)cccc3Cl)C23CC[C@@]1(CC)O3. The zero-order chi connectivity index (χ0) is 32.4.